The van der Waals surface area contributed by atoms with E-state index < -0.39 is 0 Å². The van der Waals surface area contributed by atoms with E-state index in [0.717, 1.165) is 13.1 Å². The maximum absolute atomic E-state index is 11.3. The van der Waals surface area contributed by atoms with E-state index >= 15 is 0 Å². The van der Waals surface area contributed by atoms with Crippen LogP contribution in [-0.2, 0) is 4.79 Å². The van der Waals surface area contributed by atoms with E-state index in [1.54, 1.807) is 0 Å². The van der Waals surface area contributed by atoms with Crippen molar-refractivity contribution in [3.8, 4) is 0 Å². The van der Waals surface area contributed by atoms with Gasteiger partial charge in [-0.3, -0.25) is 4.79 Å². The highest BCUT2D eigenvalue weighted by Gasteiger charge is 2.29. The van der Waals surface area contributed by atoms with Crippen LogP contribution < -0.4 is 10.6 Å². The van der Waals surface area contributed by atoms with E-state index in [0.29, 0.717) is 6.54 Å². The Balaban J connectivity index is 2.15. The number of hydrogen-bond donors (Lipinski definition) is 2. The number of rotatable bonds is 5. The van der Waals surface area contributed by atoms with Gasteiger partial charge < -0.3 is 10.6 Å². The van der Waals surface area contributed by atoms with Crippen molar-refractivity contribution < 1.29 is 4.79 Å². The molecule has 1 saturated heterocycles. The Morgan fingerprint density at radius 3 is 2.93 bits per heavy atom. The minimum absolute atomic E-state index is 0.112. The molecule has 4 heteroatoms. The minimum atomic E-state index is 0.112. The molecule has 1 atom stereocenters. The van der Waals surface area contributed by atoms with Crippen LogP contribution in [0.4, 0.5) is 0 Å². The quantitative estimate of drug-likeness (QED) is 0.720. The molecular weight excluding hydrogens is 196 g/mol. The van der Waals surface area contributed by atoms with Crippen LogP contribution in [0.15, 0.2) is 0 Å². The molecule has 1 aliphatic rings. The number of carbonyl (C=O) groups excluding carboxylic acids is 1. The second-order valence-corrected chi connectivity index (χ2v) is 5.64. The minimum Gasteiger partial charge on any atom is -0.354 e. The molecular formula is C10H20N2OS. The third-order valence-electron chi connectivity index (χ3n) is 2.50. The van der Waals surface area contributed by atoms with Gasteiger partial charge in [0, 0.05) is 11.3 Å². The van der Waals surface area contributed by atoms with Gasteiger partial charge in [-0.25, -0.2) is 0 Å². The molecule has 0 aromatic heterocycles. The Kier molecular flexibility index (Phi) is 4.75. The number of thioether (sulfide) groups is 1. The van der Waals surface area contributed by atoms with Crippen LogP contribution in [0.5, 0.6) is 0 Å². The van der Waals surface area contributed by atoms with E-state index in [2.05, 4.69) is 17.6 Å². The van der Waals surface area contributed by atoms with Gasteiger partial charge in [0.2, 0.25) is 5.91 Å². The predicted octanol–water partition coefficient (Wildman–Crippen LogP) is 0.998. The molecule has 1 heterocycles. The zero-order valence-corrected chi connectivity index (χ0v) is 9.88. The van der Waals surface area contributed by atoms with Gasteiger partial charge in [-0.15, -0.1) is 0 Å². The van der Waals surface area contributed by atoms with Gasteiger partial charge in [0.25, 0.3) is 0 Å². The van der Waals surface area contributed by atoms with Gasteiger partial charge in [0.1, 0.15) is 0 Å². The number of nitrogens with one attached hydrogen (secondary N) is 2. The Labute approximate surface area is 90.4 Å². The topological polar surface area (TPSA) is 41.1 Å². The molecule has 1 rings (SSSR count). The normalized spacial score (nSPS) is 26.4. The van der Waals surface area contributed by atoms with Crippen LogP contribution >= 0.6 is 11.8 Å². The summed E-state index contributed by atoms with van der Waals surface area (Å²) in [5, 5.41) is 5.99. The molecule has 1 fully saturated rings. The first kappa shape index (κ1) is 11.9. The summed E-state index contributed by atoms with van der Waals surface area (Å²) < 4.78 is 0.280. The van der Waals surface area contributed by atoms with Crippen molar-refractivity contribution in [2.45, 2.75) is 31.4 Å². The number of carbonyl (C=O) groups is 1. The molecule has 0 bridgehead atoms. The van der Waals surface area contributed by atoms with E-state index in [9.17, 15) is 4.79 Å². The summed E-state index contributed by atoms with van der Waals surface area (Å²) in [5.41, 5.74) is 0. The van der Waals surface area contributed by atoms with Crippen molar-refractivity contribution in [3.05, 3.63) is 0 Å². The molecule has 1 amide bonds. The van der Waals surface area contributed by atoms with Crippen LogP contribution in [0.25, 0.3) is 0 Å². The predicted molar refractivity (Wildman–Crippen MR) is 61.7 cm³/mol. The smallest absolute Gasteiger partial charge is 0.234 e. The molecule has 0 saturated carbocycles. The summed E-state index contributed by atoms with van der Waals surface area (Å²) in [4.78, 5) is 11.3. The Bertz CT molecular complexity index is 191. The van der Waals surface area contributed by atoms with Gasteiger partial charge >= 0.3 is 0 Å². The van der Waals surface area contributed by atoms with Gasteiger partial charge in [0.15, 0.2) is 0 Å². The summed E-state index contributed by atoms with van der Waals surface area (Å²) in [5.74, 6) is 1.35. The lowest BCUT2D eigenvalue weighted by Gasteiger charge is -2.22. The van der Waals surface area contributed by atoms with Crippen LogP contribution in [0.2, 0.25) is 0 Å². The maximum atomic E-state index is 11.3. The molecule has 1 aliphatic heterocycles. The first-order chi connectivity index (χ1) is 6.66. The van der Waals surface area contributed by atoms with Crippen molar-refractivity contribution in [3.63, 3.8) is 0 Å². The summed E-state index contributed by atoms with van der Waals surface area (Å²) >= 11 is 1.98. The van der Waals surface area contributed by atoms with E-state index in [4.69, 9.17) is 0 Å². The van der Waals surface area contributed by atoms with Gasteiger partial charge in [-0.1, -0.05) is 6.92 Å². The standard InChI is InChI=1S/C10H20N2OS/c1-3-11-7-9(13)12-8-10(2)5-4-6-14-10/h11H,3-8H2,1-2H3,(H,12,13). The monoisotopic (exact) mass is 216 g/mol. The lowest BCUT2D eigenvalue weighted by Crippen LogP contribution is -2.40. The molecule has 0 spiro atoms. The summed E-state index contributed by atoms with van der Waals surface area (Å²) in [6.07, 6.45) is 2.50. The first-order valence-electron chi connectivity index (χ1n) is 5.28. The Hall–Kier alpha value is -0.220. The van der Waals surface area contributed by atoms with E-state index in [1.165, 1.54) is 18.6 Å². The second-order valence-electron chi connectivity index (χ2n) is 3.96. The summed E-state index contributed by atoms with van der Waals surface area (Å²) in [6.45, 7) is 6.33. The van der Waals surface area contributed by atoms with Crippen molar-refractivity contribution in [2.75, 3.05) is 25.4 Å². The van der Waals surface area contributed by atoms with E-state index in [1.807, 2.05) is 18.7 Å². The Morgan fingerprint density at radius 2 is 2.36 bits per heavy atom. The first-order valence-corrected chi connectivity index (χ1v) is 6.26. The lowest BCUT2D eigenvalue weighted by molar-refractivity contribution is -0.120. The maximum Gasteiger partial charge on any atom is 0.234 e. The zero-order chi connectivity index (χ0) is 10.4. The highest BCUT2D eigenvalue weighted by molar-refractivity contribution is 8.00. The second kappa shape index (κ2) is 5.61. The van der Waals surface area contributed by atoms with Crippen molar-refractivity contribution >= 4 is 17.7 Å². The SMILES string of the molecule is CCNCC(=O)NCC1(C)CCCS1. The number of amides is 1. The van der Waals surface area contributed by atoms with Crippen molar-refractivity contribution in [2.24, 2.45) is 0 Å². The Morgan fingerprint density at radius 1 is 1.57 bits per heavy atom. The largest absolute Gasteiger partial charge is 0.354 e. The lowest BCUT2D eigenvalue weighted by atomic mass is 10.1. The fraction of sp³-hybridized carbons (Fsp3) is 0.900. The van der Waals surface area contributed by atoms with E-state index in [-0.39, 0.29) is 10.7 Å². The molecule has 0 aromatic rings. The average Bonchev–Trinajstić information content (AvgIpc) is 2.60. The highest BCUT2D eigenvalue weighted by Crippen LogP contribution is 2.36. The fourth-order valence-corrected chi connectivity index (χ4v) is 2.81. The molecule has 2 N–H and O–H groups in total. The third-order valence-corrected chi connectivity index (χ3v) is 4.03. The van der Waals surface area contributed by atoms with Crippen LogP contribution in [0, 0.1) is 0 Å². The molecule has 0 aliphatic carbocycles. The number of likely N-dealkylation sites (N-methyl/N-ethyl adjacent to an activating group) is 1. The summed E-state index contributed by atoms with van der Waals surface area (Å²) in [7, 11) is 0. The molecule has 0 aromatic carbocycles. The van der Waals surface area contributed by atoms with Gasteiger partial charge in [-0.2, -0.15) is 11.8 Å². The van der Waals surface area contributed by atoms with Gasteiger partial charge in [-0.05, 0) is 32.1 Å². The highest BCUT2D eigenvalue weighted by atomic mass is 32.2. The van der Waals surface area contributed by atoms with Crippen LogP contribution in [0.1, 0.15) is 26.7 Å². The third kappa shape index (κ3) is 3.88. The van der Waals surface area contributed by atoms with Crippen molar-refractivity contribution in [1.82, 2.24) is 10.6 Å². The van der Waals surface area contributed by atoms with Crippen LogP contribution in [-0.4, -0.2) is 36.0 Å². The van der Waals surface area contributed by atoms with Gasteiger partial charge in [0.05, 0.1) is 6.54 Å². The zero-order valence-electron chi connectivity index (χ0n) is 9.06. The summed E-state index contributed by atoms with van der Waals surface area (Å²) in [6, 6.07) is 0. The fourth-order valence-electron chi connectivity index (χ4n) is 1.56. The van der Waals surface area contributed by atoms with Crippen LogP contribution in [0.3, 0.4) is 0 Å². The van der Waals surface area contributed by atoms with Crippen molar-refractivity contribution in [1.29, 1.82) is 0 Å². The molecule has 3 nitrogen and oxygen atoms in total. The molecule has 82 valence electrons. The molecule has 0 radical (unpaired) electrons. The molecule has 14 heavy (non-hydrogen) atoms. The average molecular weight is 216 g/mol. The molecule has 1 unspecified atom stereocenters. The number of hydrogen-bond acceptors (Lipinski definition) is 3.